The van der Waals surface area contributed by atoms with E-state index in [9.17, 15) is 17.3 Å². The van der Waals surface area contributed by atoms with Gasteiger partial charge in [0.15, 0.2) is 0 Å². The minimum atomic E-state index is -6.00. The van der Waals surface area contributed by atoms with Gasteiger partial charge in [0.05, 0.1) is 0 Å². The van der Waals surface area contributed by atoms with Crippen molar-refractivity contribution in [2.75, 3.05) is 18.0 Å². The second-order valence-electron chi connectivity index (χ2n) is 7.46. The van der Waals surface area contributed by atoms with E-state index in [0.717, 1.165) is 13.1 Å². The first-order valence-electron chi connectivity index (χ1n) is 10.7. The summed E-state index contributed by atoms with van der Waals surface area (Å²) >= 11 is 0. The van der Waals surface area contributed by atoms with Crippen LogP contribution in [0.15, 0.2) is 48.5 Å². The predicted octanol–water partition coefficient (Wildman–Crippen LogP) is 6.86. The molecule has 7 heteroatoms. The van der Waals surface area contributed by atoms with Gasteiger partial charge in [-0.1, -0.05) is 63.1 Å². The Kier molecular flexibility index (Phi) is 9.40. The molecule has 1 heterocycles. The molecule has 0 saturated heterocycles. The Morgan fingerprint density at radius 3 is 2.00 bits per heavy atom. The van der Waals surface area contributed by atoms with Gasteiger partial charge in [0.2, 0.25) is 6.34 Å². The van der Waals surface area contributed by atoms with Crippen molar-refractivity contribution in [3.8, 4) is 0 Å². The van der Waals surface area contributed by atoms with Gasteiger partial charge in [-0.05, 0) is 48.9 Å². The quantitative estimate of drug-likeness (QED) is 0.256. The number of aryl methyl sites for hydroxylation is 2. The van der Waals surface area contributed by atoms with E-state index in [1.165, 1.54) is 61.0 Å². The summed E-state index contributed by atoms with van der Waals surface area (Å²) in [5.41, 5.74) is 5.71. The SMILES string of the molecule is CCCCc1ccccc1N1C=[N+](c2ccccc2CCCC)CC1.F[B-](F)(F)F. The molecule has 2 nitrogen and oxygen atoms in total. The van der Waals surface area contributed by atoms with E-state index >= 15 is 0 Å². The molecule has 0 fully saturated rings. The fraction of sp³-hybridized carbons (Fsp3) is 0.435. The minimum absolute atomic E-state index is 1.06. The van der Waals surface area contributed by atoms with Crippen molar-refractivity contribution in [1.82, 2.24) is 0 Å². The zero-order valence-corrected chi connectivity index (χ0v) is 17.8. The molecule has 164 valence electrons. The van der Waals surface area contributed by atoms with Gasteiger partial charge in [-0.25, -0.2) is 9.48 Å². The van der Waals surface area contributed by atoms with Gasteiger partial charge in [-0.15, -0.1) is 0 Å². The molecule has 0 N–H and O–H groups in total. The fourth-order valence-corrected chi connectivity index (χ4v) is 3.60. The molecule has 2 aromatic carbocycles. The van der Waals surface area contributed by atoms with Crippen LogP contribution in [-0.2, 0) is 12.8 Å². The van der Waals surface area contributed by atoms with E-state index in [1.54, 1.807) is 0 Å². The average molecular weight is 422 g/mol. The van der Waals surface area contributed by atoms with Gasteiger partial charge in [-0.3, -0.25) is 0 Å². The van der Waals surface area contributed by atoms with Gasteiger partial charge in [-0.2, -0.15) is 0 Å². The van der Waals surface area contributed by atoms with Crippen molar-refractivity contribution in [2.24, 2.45) is 0 Å². The van der Waals surface area contributed by atoms with Crippen LogP contribution in [-0.4, -0.2) is 31.3 Å². The summed E-state index contributed by atoms with van der Waals surface area (Å²) in [7, 11) is -6.00. The monoisotopic (exact) mass is 422 g/mol. The van der Waals surface area contributed by atoms with Crippen LogP contribution < -0.4 is 4.90 Å². The highest BCUT2D eigenvalue weighted by Gasteiger charge is 2.25. The molecule has 30 heavy (non-hydrogen) atoms. The van der Waals surface area contributed by atoms with E-state index in [0.29, 0.717) is 0 Å². The number of hydrogen-bond acceptors (Lipinski definition) is 1. The van der Waals surface area contributed by atoms with Crippen molar-refractivity contribution in [2.45, 2.75) is 52.4 Å². The summed E-state index contributed by atoms with van der Waals surface area (Å²) in [5.74, 6) is 0. The van der Waals surface area contributed by atoms with E-state index in [1.807, 2.05) is 0 Å². The lowest BCUT2D eigenvalue weighted by molar-refractivity contribution is -0.424. The van der Waals surface area contributed by atoms with Gasteiger partial charge in [0.25, 0.3) is 0 Å². The number of benzene rings is 2. The van der Waals surface area contributed by atoms with Crippen LogP contribution in [0.2, 0.25) is 0 Å². The molecule has 0 amide bonds. The van der Waals surface area contributed by atoms with Gasteiger partial charge >= 0.3 is 7.25 Å². The molecule has 0 unspecified atom stereocenters. The Morgan fingerprint density at radius 2 is 1.37 bits per heavy atom. The minimum Gasteiger partial charge on any atom is -0.418 e. The van der Waals surface area contributed by atoms with E-state index in [2.05, 4.69) is 78.2 Å². The van der Waals surface area contributed by atoms with Crippen LogP contribution >= 0.6 is 0 Å². The lowest BCUT2D eigenvalue weighted by Crippen LogP contribution is -2.19. The highest BCUT2D eigenvalue weighted by atomic mass is 19.5. The van der Waals surface area contributed by atoms with Crippen molar-refractivity contribution >= 4 is 25.0 Å². The first-order valence-corrected chi connectivity index (χ1v) is 10.7. The molecular weight excluding hydrogens is 391 g/mol. The van der Waals surface area contributed by atoms with E-state index in [4.69, 9.17) is 0 Å². The molecule has 0 bridgehead atoms. The van der Waals surface area contributed by atoms with Crippen LogP contribution in [0.25, 0.3) is 0 Å². The Morgan fingerprint density at radius 1 is 0.833 bits per heavy atom. The molecular formula is C23H31BF4N2. The third-order valence-electron chi connectivity index (χ3n) is 5.06. The fourth-order valence-electron chi connectivity index (χ4n) is 3.60. The maximum Gasteiger partial charge on any atom is 0.673 e. The van der Waals surface area contributed by atoms with Crippen LogP contribution in [0.4, 0.5) is 28.6 Å². The van der Waals surface area contributed by atoms with Gasteiger partial charge < -0.3 is 17.3 Å². The van der Waals surface area contributed by atoms with Gasteiger partial charge in [0.1, 0.15) is 24.5 Å². The number of unbranched alkanes of at least 4 members (excludes halogenated alkanes) is 2. The van der Waals surface area contributed by atoms with Crippen molar-refractivity contribution in [3.63, 3.8) is 0 Å². The summed E-state index contributed by atoms with van der Waals surface area (Å²) in [6, 6.07) is 17.8. The predicted molar refractivity (Wildman–Crippen MR) is 118 cm³/mol. The van der Waals surface area contributed by atoms with E-state index < -0.39 is 7.25 Å². The first kappa shape index (κ1) is 24.0. The first-order chi connectivity index (χ1) is 14.3. The number of halogens is 4. The lowest BCUT2D eigenvalue weighted by atomic mass is 10.1. The number of hydrogen-bond donors (Lipinski definition) is 0. The summed E-state index contributed by atoms with van der Waals surface area (Å²) < 4.78 is 41.4. The Labute approximate surface area is 177 Å². The van der Waals surface area contributed by atoms with E-state index in [-0.39, 0.29) is 0 Å². The molecule has 0 aromatic heterocycles. The topological polar surface area (TPSA) is 6.25 Å². The highest BCUT2D eigenvalue weighted by Crippen LogP contribution is 2.26. The smallest absolute Gasteiger partial charge is 0.418 e. The molecule has 0 saturated carbocycles. The molecule has 0 radical (unpaired) electrons. The summed E-state index contributed by atoms with van der Waals surface area (Å²) in [5, 5.41) is 0. The summed E-state index contributed by atoms with van der Waals surface area (Å²) in [6.07, 6.45) is 9.66. The number of nitrogens with zero attached hydrogens (tertiary/aromatic N) is 2. The highest BCUT2D eigenvalue weighted by molar-refractivity contribution is 6.50. The molecule has 0 spiro atoms. The Balaban J connectivity index is 0.000000575. The standard InChI is InChI=1S/C23H31N2.BF4/c1-3-5-11-20-13-7-9-15-22(20)24-17-18-25(19-24)23-16-10-8-14-21(23)12-6-4-2;2-1(3,4)5/h7-10,13-16,19H,3-6,11-12,17-18H2,1-2H3;/q+1;-1. The number of anilines is 1. The molecule has 3 rings (SSSR count). The maximum atomic E-state index is 9.75. The van der Waals surface area contributed by atoms with Crippen LogP contribution in [0, 0.1) is 0 Å². The zero-order valence-electron chi connectivity index (χ0n) is 17.8. The Hall–Kier alpha value is -2.31. The molecule has 0 atom stereocenters. The second-order valence-corrected chi connectivity index (χ2v) is 7.46. The third kappa shape index (κ3) is 7.84. The third-order valence-corrected chi connectivity index (χ3v) is 5.06. The second kappa shape index (κ2) is 11.8. The van der Waals surface area contributed by atoms with Crippen molar-refractivity contribution in [3.05, 3.63) is 59.7 Å². The van der Waals surface area contributed by atoms with Crippen molar-refractivity contribution in [1.29, 1.82) is 0 Å². The summed E-state index contributed by atoms with van der Waals surface area (Å²) in [4.78, 5) is 2.43. The number of para-hydroxylation sites is 2. The molecule has 1 aliphatic rings. The Bertz CT molecular complexity index is 815. The molecule has 1 aliphatic heterocycles. The normalized spacial score (nSPS) is 13.7. The summed E-state index contributed by atoms with van der Waals surface area (Å²) in [6.45, 7) is 6.65. The zero-order chi connectivity index (χ0) is 22.0. The van der Waals surface area contributed by atoms with Gasteiger partial charge in [0, 0.05) is 0 Å². The van der Waals surface area contributed by atoms with Crippen LogP contribution in [0.1, 0.15) is 50.7 Å². The number of rotatable bonds is 8. The van der Waals surface area contributed by atoms with Crippen molar-refractivity contribution < 1.29 is 21.8 Å². The maximum absolute atomic E-state index is 9.75. The molecule has 2 aromatic rings. The van der Waals surface area contributed by atoms with Crippen LogP contribution in [0.5, 0.6) is 0 Å². The van der Waals surface area contributed by atoms with Crippen LogP contribution in [0.3, 0.4) is 0 Å². The average Bonchev–Trinajstić information content (AvgIpc) is 3.20. The molecule has 0 aliphatic carbocycles. The lowest BCUT2D eigenvalue weighted by Gasteiger charge is -2.11. The largest absolute Gasteiger partial charge is 0.673 e.